The van der Waals surface area contributed by atoms with Crippen molar-refractivity contribution in [2.45, 2.75) is 51.0 Å². The summed E-state index contributed by atoms with van der Waals surface area (Å²) < 4.78 is 5.26. The quantitative estimate of drug-likeness (QED) is 0.307. The van der Waals surface area contributed by atoms with Gasteiger partial charge in [-0.3, -0.25) is 10.1 Å². The minimum Gasteiger partial charge on any atom is -0.507 e. The van der Waals surface area contributed by atoms with E-state index >= 15 is 0 Å². The number of phenols is 1. The number of carbonyl (C=O) groups excluding carboxylic acids is 2. The van der Waals surface area contributed by atoms with Gasteiger partial charge in [-0.15, -0.1) is 11.8 Å². The van der Waals surface area contributed by atoms with E-state index < -0.39 is 11.7 Å². The minimum absolute atomic E-state index is 0.216. The zero-order valence-electron chi connectivity index (χ0n) is 19.8. The maximum atomic E-state index is 12.9. The normalized spacial score (nSPS) is 11.1. The molecule has 178 valence electrons. The van der Waals surface area contributed by atoms with Crippen molar-refractivity contribution in [3.8, 4) is 5.75 Å². The summed E-state index contributed by atoms with van der Waals surface area (Å²) in [6, 6.07) is 10.5. The van der Waals surface area contributed by atoms with Gasteiger partial charge in [0.2, 0.25) is 0 Å². The average Bonchev–Trinajstić information content (AvgIpc) is 2.75. The Balaban J connectivity index is 1.69. The molecule has 0 unspecified atom stereocenters. The predicted octanol–water partition coefficient (Wildman–Crippen LogP) is 5.69. The first kappa shape index (κ1) is 25.0. The highest BCUT2D eigenvalue weighted by Crippen LogP contribution is 2.28. The average molecular weight is 481 g/mol. The van der Waals surface area contributed by atoms with Crippen LogP contribution in [0.15, 0.2) is 53.8 Å². The second-order valence-corrected chi connectivity index (χ2v) is 9.70. The van der Waals surface area contributed by atoms with Crippen molar-refractivity contribution in [2.75, 3.05) is 10.6 Å². The van der Waals surface area contributed by atoms with Crippen LogP contribution in [0.25, 0.3) is 0 Å². The van der Waals surface area contributed by atoms with Gasteiger partial charge in [-0.05, 0) is 87.7 Å². The fourth-order valence-corrected chi connectivity index (χ4v) is 4.03. The minimum atomic E-state index is -0.606. The number of aromatic nitrogens is 2. The molecule has 0 saturated heterocycles. The number of amides is 2. The lowest BCUT2D eigenvalue weighted by molar-refractivity contribution is 0.0635. The number of carbonyl (C=O) groups is 2. The number of rotatable bonds is 6. The monoisotopic (exact) mass is 480 g/mol. The van der Waals surface area contributed by atoms with Crippen LogP contribution in [0.3, 0.4) is 0 Å². The number of thioether (sulfide) groups is 1. The number of nitrogens with zero attached hydrogens (tertiary/aromatic N) is 2. The van der Waals surface area contributed by atoms with Gasteiger partial charge >= 0.3 is 6.09 Å². The Labute approximate surface area is 203 Å². The van der Waals surface area contributed by atoms with Crippen LogP contribution in [0, 0.1) is 13.8 Å². The molecule has 9 heteroatoms. The number of anilines is 2. The van der Waals surface area contributed by atoms with E-state index in [2.05, 4.69) is 20.6 Å². The highest BCUT2D eigenvalue weighted by Gasteiger charge is 2.17. The Morgan fingerprint density at radius 1 is 1.03 bits per heavy atom. The number of aromatic hydroxyl groups is 1. The van der Waals surface area contributed by atoms with Gasteiger partial charge < -0.3 is 15.2 Å². The second kappa shape index (κ2) is 10.6. The third-order valence-electron chi connectivity index (χ3n) is 4.59. The number of nitrogens with one attached hydrogen (secondary N) is 2. The molecule has 2 amide bonds. The van der Waals surface area contributed by atoms with Gasteiger partial charge in [-0.2, -0.15) is 0 Å². The highest BCUT2D eigenvalue weighted by atomic mass is 32.2. The number of hydrogen-bond donors (Lipinski definition) is 3. The Morgan fingerprint density at radius 3 is 2.41 bits per heavy atom. The van der Waals surface area contributed by atoms with Gasteiger partial charge in [0.05, 0.1) is 5.56 Å². The number of aryl methyl sites for hydroxylation is 2. The fraction of sp³-hybridized carbons (Fsp3) is 0.280. The second-order valence-electron chi connectivity index (χ2n) is 8.73. The van der Waals surface area contributed by atoms with Gasteiger partial charge in [0.25, 0.3) is 5.91 Å². The molecule has 2 heterocycles. The topological polar surface area (TPSA) is 113 Å². The summed E-state index contributed by atoms with van der Waals surface area (Å²) in [5.74, 6) is 0.820. The summed E-state index contributed by atoms with van der Waals surface area (Å²) in [4.78, 5) is 33.5. The molecular weight excluding hydrogens is 452 g/mol. The molecule has 3 rings (SSSR count). The molecule has 0 aliphatic heterocycles. The maximum Gasteiger partial charge on any atom is 0.413 e. The van der Waals surface area contributed by atoms with Gasteiger partial charge in [0, 0.05) is 23.8 Å². The van der Waals surface area contributed by atoms with E-state index in [-0.39, 0.29) is 11.7 Å². The van der Waals surface area contributed by atoms with Crippen molar-refractivity contribution in [3.63, 3.8) is 0 Å². The molecule has 0 fully saturated rings. The summed E-state index contributed by atoms with van der Waals surface area (Å²) in [6.45, 7) is 8.93. The summed E-state index contributed by atoms with van der Waals surface area (Å²) in [6.07, 6.45) is 2.66. The van der Waals surface area contributed by atoms with Crippen LogP contribution >= 0.6 is 11.8 Å². The van der Waals surface area contributed by atoms with E-state index in [0.29, 0.717) is 39.0 Å². The lowest BCUT2D eigenvalue weighted by Crippen LogP contribution is -2.27. The van der Waals surface area contributed by atoms with Crippen molar-refractivity contribution < 1.29 is 19.4 Å². The van der Waals surface area contributed by atoms with Crippen LogP contribution in [-0.4, -0.2) is 32.7 Å². The molecule has 34 heavy (non-hydrogen) atoms. The van der Waals surface area contributed by atoms with Crippen molar-refractivity contribution in [1.29, 1.82) is 0 Å². The van der Waals surface area contributed by atoms with Crippen LogP contribution in [0.1, 0.15) is 47.8 Å². The van der Waals surface area contributed by atoms with Gasteiger partial charge in [0.1, 0.15) is 22.2 Å². The molecule has 0 aliphatic carbocycles. The van der Waals surface area contributed by atoms with Crippen LogP contribution in [0.2, 0.25) is 0 Å². The predicted molar refractivity (Wildman–Crippen MR) is 133 cm³/mol. The Morgan fingerprint density at radius 2 is 1.74 bits per heavy atom. The molecule has 3 aromatic rings. The fourth-order valence-electron chi connectivity index (χ4n) is 3.10. The smallest absolute Gasteiger partial charge is 0.413 e. The standard InChI is InChI=1S/C25H28N4O4S/c1-15-11-18(12-16(2)21(15)30)28-22(31)19-7-6-9-27-23(19)34-14-17-8-10-26-20(13-17)29-24(32)33-25(3,4)5/h6-13,30H,14H2,1-5H3,(H,28,31)(H,26,29,32). The summed E-state index contributed by atoms with van der Waals surface area (Å²) in [5.41, 5.74) is 2.70. The van der Waals surface area contributed by atoms with Crippen molar-refractivity contribution in [1.82, 2.24) is 9.97 Å². The van der Waals surface area contributed by atoms with E-state index in [4.69, 9.17) is 4.74 Å². The summed E-state index contributed by atoms with van der Waals surface area (Å²) in [5, 5.41) is 16.0. The first-order valence-electron chi connectivity index (χ1n) is 10.7. The molecule has 0 spiro atoms. The van der Waals surface area contributed by atoms with Crippen molar-refractivity contribution in [2.24, 2.45) is 0 Å². The third-order valence-corrected chi connectivity index (χ3v) is 5.67. The highest BCUT2D eigenvalue weighted by molar-refractivity contribution is 7.98. The molecule has 0 atom stereocenters. The van der Waals surface area contributed by atoms with E-state index in [1.165, 1.54) is 11.8 Å². The van der Waals surface area contributed by atoms with E-state index in [9.17, 15) is 14.7 Å². The largest absolute Gasteiger partial charge is 0.507 e. The van der Waals surface area contributed by atoms with Gasteiger partial charge in [0.15, 0.2) is 0 Å². The molecule has 2 aromatic heterocycles. The number of pyridine rings is 2. The molecule has 0 bridgehead atoms. The van der Waals surface area contributed by atoms with E-state index in [1.807, 2.05) is 6.07 Å². The van der Waals surface area contributed by atoms with Crippen molar-refractivity contribution >= 4 is 35.3 Å². The molecule has 1 aromatic carbocycles. The Kier molecular flexibility index (Phi) is 7.78. The van der Waals surface area contributed by atoms with E-state index in [0.717, 1.165) is 5.56 Å². The number of ether oxygens (including phenoxy) is 1. The zero-order chi connectivity index (χ0) is 24.9. The maximum absolute atomic E-state index is 12.9. The Hall–Kier alpha value is -3.59. The molecule has 0 saturated carbocycles. The molecular formula is C25H28N4O4S. The van der Waals surface area contributed by atoms with Crippen LogP contribution in [-0.2, 0) is 10.5 Å². The molecule has 0 aliphatic rings. The van der Waals surface area contributed by atoms with E-state index in [1.54, 1.807) is 77.3 Å². The lowest BCUT2D eigenvalue weighted by Gasteiger charge is -2.19. The van der Waals surface area contributed by atoms with Crippen LogP contribution < -0.4 is 10.6 Å². The van der Waals surface area contributed by atoms with Crippen LogP contribution in [0.4, 0.5) is 16.3 Å². The van der Waals surface area contributed by atoms with Gasteiger partial charge in [-0.25, -0.2) is 14.8 Å². The molecule has 0 radical (unpaired) electrons. The SMILES string of the molecule is Cc1cc(NC(=O)c2cccnc2SCc2ccnc(NC(=O)OC(C)(C)C)c2)cc(C)c1O. The molecule has 3 N–H and O–H groups in total. The molecule has 8 nitrogen and oxygen atoms in total. The summed E-state index contributed by atoms with van der Waals surface area (Å²) >= 11 is 1.40. The number of hydrogen-bond acceptors (Lipinski definition) is 7. The number of benzene rings is 1. The first-order valence-corrected chi connectivity index (χ1v) is 11.6. The van der Waals surface area contributed by atoms with Crippen LogP contribution in [0.5, 0.6) is 5.75 Å². The third kappa shape index (κ3) is 6.95. The Bertz CT molecular complexity index is 1180. The first-order chi connectivity index (χ1) is 16.0. The zero-order valence-corrected chi connectivity index (χ0v) is 20.6. The summed E-state index contributed by atoms with van der Waals surface area (Å²) in [7, 11) is 0. The van der Waals surface area contributed by atoms with Crippen molar-refractivity contribution in [3.05, 3.63) is 71.0 Å². The lowest BCUT2D eigenvalue weighted by atomic mass is 10.1. The number of phenolic OH excluding ortho intramolecular Hbond substituents is 1. The van der Waals surface area contributed by atoms with Gasteiger partial charge in [-0.1, -0.05) is 0 Å².